The fourth-order valence-electron chi connectivity index (χ4n) is 3.06. The molecule has 0 radical (unpaired) electrons. The lowest BCUT2D eigenvalue weighted by Gasteiger charge is -2.13. The monoisotopic (exact) mass is 424 g/mol. The molecule has 3 aromatic carbocycles. The maximum Gasteiger partial charge on any atom is 0.261 e. The van der Waals surface area contributed by atoms with E-state index in [0.29, 0.717) is 23.5 Å². The lowest BCUT2D eigenvalue weighted by atomic mass is 10.1. The lowest BCUT2D eigenvalue weighted by molar-refractivity contribution is 0.102. The van der Waals surface area contributed by atoms with Crippen molar-refractivity contribution in [3.05, 3.63) is 89.0 Å². The number of carbonyl (C=O) groups is 1. The van der Waals surface area contributed by atoms with Crippen LogP contribution in [0.5, 0.6) is 0 Å². The molecule has 7 heteroatoms. The average molecular weight is 425 g/mol. The van der Waals surface area contributed by atoms with Crippen LogP contribution in [-0.4, -0.2) is 21.4 Å². The number of ether oxygens (including phenoxy) is 1. The molecule has 0 aliphatic heterocycles. The highest BCUT2D eigenvalue weighted by atomic mass is 32.2. The van der Waals surface area contributed by atoms with Gasteiger partial charge < -0.3 is 10.1 Å². The topological polar surface area (TPSA) is 84.5 Å². The zero-order chi connectivity index (χ0) is 21.7. The second-order valence-corrected chi connectivity index (χ2v) is 8.67. The first-order chi connectivity index (χ1) is 14.3. The van der Waals surface area contributed by atoms with Gasteiger partial charge in [0.15, 0.2) is 0 Å². The van der Waals surface area contributed by atoms with Crippen LogP contribution in [-0.2, 0) is 21.4 Å². The Morgan fingerprint density at radius 3 is 2.20 bits per heavy atom. The first-order valence-corrected chi connectivity index (χ1v) is 10.9. The third-order valence-corrected chi connectivity index (χ3v) is 6.01. The van der Waals surface area contributed by atoms with Gasteiger partial charge in [0.2, 0.25) is 0 Å². The number of carbonyl (C=O) groups excluding carboxylic acids is 1. The van der Waals surface area contributed by atoms with Crippen LogP contribution >= 0.6 is 0 Å². The van der Waals surface area contributed by atoms with Gasteiger partial charge in [0, 0.05) is 18.4 Å². The number of amides is 1. The molecule has 0 heterocycles. The van der Waals surface area contributed by atoms with Crippen LogP contribution in [0.15, 0.2) is 71.6 Å². The van der Waals surface area contributed by atoms with Crippen LogP contribution in [0.4, 0.5) is 11.4 Å². The molecule has 0 bridgehead atoms. The number of aryl methyl sites for hydroxylation is 2. The van der Waals surface area contributed by atoms with Crippen molar-refractivity contribution in [1.29, 1.82) is 0 Å². The molecule has 3 aromatic rings. The molecule has 30 heavy (non-hydrogen) atoms. The molecular formula is C23H24N2O4S. The molecule has 156 valence electrons. The van der Waals surface area contributed by atoms with Crippen molar-refractivity contribution in [2.45, 2.75) is 25.3 Å². The maximum absolute atomic E-state index is 12.7. The highest BCUT2D eigenvalue weighted by Gasteiger charge is 2.17. The predicted octanol–water partition coefficient (Wildman–Crippen LogP) is 4.50. The molecule has 0 unspecified atom stereocenters. The molecule has 6 nitrogen and oxygen atoms in total. The van der Waals surface area contributed by atoms with E-state index in [0.717, 1.165) is 16.7 Å². The van der Waals surface area contributed by atoms with Crippen LogP contribution in [0.2, 0.25) is 0 Å². The Bertz CT molecular complexity index is 1140. The molecule has 0 saturated carbocycles. The number of hydrogen-bond acceptors (Lipinski definition) is 4. The van der Waals surface area contributed by atoms with E-state index in [1.165, 1.54) is 12.1 Å². The van der Waals surface area contributed by atoms with E-state index in [2.05, 4.69) is 10.0 Å². The minimum atomic E-state index is -3.74. The quantitative estimate of drug-likeness (QED) is 0.585. The van der Waals surface area contributed by atoms with Crippen LogP contribution < -0.4 is 10.0 Å². The zero-order valence-corrected chi connectivity index (χ0v) is 17.9. The molecule has 3 rings (SSSR count). The second-order valence-electron chi connectivity index (χ2n) is 6.98. The first kappa shape index (κ1) is 21.5. The zero-order valence-electron chi connectivity index (χ0n) is 17.1. The van der Waals surface area contributed by atoms with Crippen molar-refractivity contribution in [2.24, 2.45) is 0 Å². The van der Waals surface area contributed by atoms with Crippen LogP contribution in [0.1, 0.15) is 27.0 Å². The summed E-state index contributed by atoms with van der Waals surface area (Å²) in [5.41, 5.74) is 4.16. The normalized spacial score (nSPS) is 11.2. The lowest BCUT2D eigenvalue weighted by Crippen LogP contribution is -2.15. The minimum Gasteiger partial charge on any atom is -0.380 e. The number of nitrogens with one attached hydrogen (secondary N) is 2. The van der Waals surface area contributed by atoms with E-state index < -0.39 is 10.0 Å². The molecule has 0 aromatic heterocycles. The van der Waals surface area contributed by atoms with Gasteiger partial charge in [-0.1, -0.05) is 30.3 Å². The largest absolute Gasteiger partial charge is 0.380 e. The molecule has 1 amide bonds. The Kier molecular flexibility index (Phi) is 6.54. The number of hydrogen-bond donors (Lipinski definition) is 2. The molecule has 0 aliphatic carbocycles. The Balaban J connectivity index is 1.74. The first-order valence-electron chi connectivity index (χ1n) is 9.38. The summed E-state index contributed by atoms with van der Waals surface area (Å²) in [6.07, 6.45) is 0. The SMILES string of the molecule is COCc1cccc(C(=O)Nc2ccc(S(=O)(=O)Nc3c(C)cccc3C)cc2)c1. The third-order valence-electron chi connectivity index (χ3n) is 4.64. The van der Waals surface area contributed by atoms with Crippen molar-refractivity contribution >= 4 is 27.3 Å². The Morgan fingerprint density at radius 2 is 1.57 bits per heavy atom. The van der Waals surface area contributed by atoms with Crippen molar-refractivity contribution in [3.8, 4) is 0 Å². The number of anilines is 2. The average Bonchev–Trinajstić information content (AvgIpc) is 2.72. The number of rotatable bonds is 7. The van der Waals surface area contributed by atoms with Gasteiger partial charge in [0.1, 0.15) is 0 Å². The van der Waals surface area contributed by atoms with E-state index in [1.54, 1.807) is 37.4 Å². The second kappa shape index (κ2) is 9.11. The van der Waals surface area contributed by atoms with Gasteiger partial charge in [0.05, 0.1) is 17.2 Å². The maximum atomic E-state index is 12.7. The van der Waals surface area contributed by atoms with Gasteiger partial charge in [-0.2, -0.15) is 0 Å². The minimum absolute atomic E-state index is 0.116. The number of sulfonamides is 1. The van der Waals surface area contributed by atoms with Crippen LogP contribution in [0, 0.1) is 13.8 Å². The molecular weight excluding hydrogens is 400 g/mol. The standard InChI is InChI=1S/C23H24N2O4S/c1-16-6-4-7-17(2)22(16)25-30(27,28)21-12-10-20(11-13-21)24-23(26)19-9-5-8-18(14-19)15-29-3/h4-14,25H,15H2,1-3H3,(H,24,26). The molecule has 0 aliphatic rings. The summed E-state index contributed by atoms with van der Waals surface area (Å²) in [5, 5.41) is 2.78. The van der Waals surface area contributed by atoms with Gasteiger partial charge in [0.25, 0.3) is 15.9 Å². The number of benzene rings is 3. The van der Waals surface area contributed by atoms with Gasteiger partial charge in [-0.05, 0) is 66.9 Å². The van der Waals surface area contributed by atoms with Crippen LogP contribution in [0.25, 0.3) is 0 Å². The summed E-state index contributed by atoms with van der Waals surface area (Å²) in [6, 6.07) is 18.8. The summed E-state index contributed by atoms with van der Waals surface area (Å²) < 4.78 is 33.2. The summed E-state index contributed by atoms with van der Waals surface area (Å²) in [4.78, 5) is 12.6. The van der Waals surface area contributed by atoms with Gasteiger partial charge in [-0.25, -0.2) is 8.42 Å². The summed E-state index contributed by atoms with van der Waals surface area (Å²) >= 11 is 0. The molecule has 0 saturated heterocycles. The Morgan fingerprint density at radius 1 is 0.933 bits per heavy atom. The highest BCUT2D eigenvalue weighted by Crippen LogP contribution is 2.24. The van der Waals surface area contributed by atoms with Gasteiger partial charge >= 0.3 is 0 Å². The summed E-state index contributed by atoms with van der Waals surface area (Å²) in [7, 11) is -2.15. The molecule has 2 N–H and O–H groups in total. The van der Waals surface area contributed by atoms with Crippen LogP contribution in [0.3, 0.4) is 0 Å². The number of methoxy groups -OCH3 is 1. The fourth-order valence-corrected chi connectivity index (χ4v) is 4.26. The van der Waals surface area contributed by atoms with Crippen molar-refractivity contribution in [3.63, 3.8) is 0 Å². The molecule has 0 fully saturated rings. The summed E-state index contributed by atoms with van der Waals surface area (Å²) in [5.74, 6) is -0.280. The highest BCUT2D eigenvalue weighted by molar-refractivity contribution is 7.92. The predicted molar refractivity (Wildman–Crippen MR) is 118 cm³/mol. The van der Waals surface area contributed by atoms with Crippen molar-refractivity contribution in [1.82, 2.24) is 0 Å². The van der Waals surface area contributed by atoms with Gasteiger partial charge in [-0.15, -0.1) is 0 Å². The van der Waals surface area contributed by atoms with E-state index in [1.807, 2.05) is 38.1 Å². The molecule has 0 spiro atoms. The third kappa shape index (κ3) is 5.06. The Labute approximate surface area is 177 Å². The molecule has 0 atom stereocenters. The van der Waals surface area contributed by atoms with E-state index >= 15 is 0 Å². The Hall–Kier alpha value is -3.16. The van der Waals surface area contributed by atoms with Gasteiger partial charge in [-0.3, -0.25) is 9.52 Å². The fraction of sp³-hybridized carbons (Fsp3) is 0.174. The summed E-state index contributed by atoms with van der Waals surface area (Å²) in [6.45, 7) is 4.12. The van der Waals surface area contributed by atoms with E-state index in [9.17, 15) is 13.2 Å². The van der Waals surface area contributed by atoms with E-state index in [4.69, 9.17) is 4.74 Å². The van der Waals surface area contributed by atoms with E-state index in [-0.39, 0.29) is 10.8 Å². The van der Waals surface area contributed by atoms with Crippen molar-refractivity contribution in [2.75, 3.05) is 17.1 Å². The van der Waals surface area contributed by atoms with Crippen molar-refractivity contribution < 1.29 is 17.9 Å². The number of para-hydroxylation sites is 1. The smallest absolute Gasteiger partial charge is 0.261 e.